The van der Waals surface area contributed by atoms with Crippen molar-refractivity contribution in [1.82, 2.24) is 4.90 Å². The fourth-order valence-electron chi connectivity index (χ4n) is 4.36. The van der Waals surface area contributed by atoms with Crippen LogP contribution in [0, 0.1) is 5.41 Å². The molecule has 6 heteroatoms. The molecule has 0 unspecified atom stereocenters. The summed E-state index contributed by atoms with van der Waals surface area (Å²) in [5.74, 6) is -0.861. The van der Waals surface area contributed by atoms with Gasteiger partial charge in [-0.25, -0.2) is 0 Å². The normalized spacial score (nSPS) is 18.3. The zero-order chi connectivity index (χ0) is 20.1. The van der Waals surface area contributed by atoms with Crippen molar-refractivity contribution in [3.05, 3.63) is 29.8 Å². The lowest BCUT2D eigenvalue weighted by Crippen LogP contribution is -2.32. The van der Waals surface area contributed by atoms with Crippen molar-refractivity contribution in [1.29, 1.82) is 0 Å². The fourth-order valence-corrected chi connectivity index (χ4v) is 4.36. The highest BCUT2D eigenvalue weighted by Gasteiger charge is 2.36. The Balaban J connectivity index is 1.57. The second-order valence-corrected chi connectivity index (χ2v) is 8.43. The van der Waals surface area contributed by atoms with Crippen molar-refractivity contribution in [3.63, 3.8) is 0 Å². The van der Waals surface area contributed by atoms with Gasteiger partial charge in [0.15, 0.2) is 0 Å². The topological polar surface area (TPSA) is 86.7 Å². The van der Waals surface area contributed by atoms with Crippen molar-refractivity contribution in [3.8, 4) is 0 Å². The number of hydrogen-bond acceptors (Lipinski definition) is 3. The molecule has 0 atom stereocenters. The SMILES string of the molecule is CC(=O)N(Cc1ccc(NC(=O)CC2(CC(=O)O)CCCCC2)cc1)C1CC1. The second-order valence-electron chi connectivity index (χ2n) is 8.43. The minimum atomic E-state index is -0.829. The molecule has 0 heterocycles. The molecule has 6 nitrogen and oxygen atoms in total. The number of nitrogens with one attached hydrogen (secondary N) is 1. The maximum absolute atomic E-state index is 12.6. The molecule has 0 saturated heterocycles. The first-order valence-electron chi connectivity index (χ1n) is 10.2. The van der Waals surface area contributed by atoms with Crippen molar-refractivity contribution in [2.24, 2.45) is 5.41 Å². The molecule has 0 aromatic heterocycles. The van der Waals surface area contributed by atoms with Crippen molar-refractivity contribution >= 4 is 23.5 Å². The number of amides is 2. The molecule has 0 aliphatic heterocycles. The van der Waals surface area contributed by atoms with Crippen LogP contribution in [0.25, 0.3) is 0 Å². The Bertz CT molecular complexity index is 719. The van der Waals surface area contributed by atoms with Gasteiger partial charge in [0.25, 0.3) is 0 Å². The van der Waals surface area contributed by atoms with E-state index in [0.29, 0.717) is 18.3 Å². The molecule has 2 amide bonds. The van der Waals surface area contributed by atoms with Gasteiger partial charge >= 0.3 is 5.97 Å². The van der Waals surface area contributed by atoms with Gasteiger partial charge in [-0.1, -0.05) is 31.4 Å². The van der Waals surface area contributed by atoms with Crippen LogP contribution in [-0.2, 0) is 20.9 Å². The summed E-state index contributed by atoms with van der Waals surface area (Å²) < 4.78 is 0. The van der Waals surface area contributed by atoms with Crippen molar-refractivity contribution < 1.29 is 19.5 Å². The fraction of sp³-hybridized carbons (Fsp3) is 0.591. The van der Waals surface area contributed by atoms with Gasteiger partial charge in [-0.05, 0) is 48.8 Å². The number of hydrogen-bond donors (Lipinski definition) is 2. The predicted molar refractivity (Wildman–Crippen MR) is 107 cm³/mol. The largest absolute Gasteiger partial charge is 0.481 e. The van der Waals surface area contributed by atoms with Crippen LogP contribution in [0.15, 0.2) is 24.3 Å². The third-order valence-corrected chi connectivity index (χ3v) is 5.96. The highest BCUT2D eigenvalue weighted by molar-refractivity contribution is 5.91. The van der Waals surface area contributed by atoms with Crippen LogP contribution in [0.5, 0.6) is 0 Å². The summed E-state index contributed by atoms with van der Waals surface area (Å²) in [4.78, 5) is 37.5. The standard InChI is InChI=1S/C22H30N2O4/c1-16(25)24(19-9-10-19)15-17-5-7-18(8-6-17)23-20(26)13-22(14-21(27)28)11-3-2-4-12-22/h5-8,19H,2-4,9-15H2,1H3,(H,23,26)(H,27,28). The smallest absolute Gasteiger partial charge is 0.303 e. The zero-order valence-electron chi connectivity index (χ0n) is 16.6. The van der Waals surface area contributed by atoms with Crippen LogP contribution in [0.3, 0.4) is 0 Å². The first kappa shape index (κ1) is 20.4. The molecule has 2 fully saturated rings. The van der Waals surface area contributed by atoms with E-state index in [4.69, 9.17) is 0 Å². The average molecular weight is 386 g/mol. The second kappa shape index (κ2) is 8.76. The highest BCUT2D eigenvalue weighted by Crippen LogP contribution is 2.42. The van der Waals surface area contributed by atoms with Gasteiger partial charge in [0.1, 0.15) is 0 Å². The van der Waals surface area contributed by atoms with Crippen molar-refractivity contribution in [2.45, 2.75) is 77.3 Å². The lowest BCUT2D eigenvalue weighted by atomic mass is 9.69. The first-order chi connectivity index (χ1) is 13.4. The number of aliphatic carboxylic acids is 1. The lowest BCUT2D eigenvalue weighted by Gasteiger charge is -2.35. The summed E-state index contributed by atoms with van der Waals surface area (Å²) in [6.45, 7) is 2.20. The number of carboxylic acid groups (broad SMARTS) is 1. The highest BCUT2D eigenvalue weighted by atomic mass is 16.4. The lowest BCUT2D eigenvalue weighted by molar-refractivity contribution is -0.141. The molecule has 2 saturated carbocycles. The summed E-state index contributed by atoms with van der Waals surface area (Å²) >= 11 is 0. The minimum absolute atomic E-state index is 0.0569. The van der Waals surface area contributed by atoms with Crippen LogP contribution < -0.4 is 5.32 Å². The van der Waals surface area contributed by atoms with Gasteiger partial charge in [0, 0.05) is 31.6 Å². The van der Waals surface area contributed by atoms with Gasteiger partial charge < -0.3 is 15.3 Å². The Morgan fingerprint density at radius 2 is 1.71 bits per heavy atom. The van der Waals surface area contributed by atoms with E-state index < -0.39 is 11.4 Å². The Morgan fingerprint density at radius 3 is 2.25 bits per heavy atom. The summed E-state index contributed by atoms with van der Waals surface area (Å²) in [6, 6.07) is 7.94. The van der Waals surface area contributed by atoms with E-state index >= 15 is 0 Å². The molecule has 3 rings (SSSR count). The third-order valence-electron chi connectivity index (χ3n) is 5.96. The van der Waals surface area contributed by atoms with Gasteiger partial charge in [-0.3, -0.25) is 14.4 Å². The van der Waals surface area contributed by atoms with E-state index in [9.17, 15) is 19.5 Å². The number of carbonyl (C=O) groups is 3. The zero-order valence-corrected chi connectivity index (χ0v) is 16.6. The summed E-state index contributed by atoms with van der Waals surface area (Å²) in [5, 5.41) is 12.2. The Kier molecular flexibility index (Phi) is 6.37. The number of carbonyl (C=O) groups excluding carboxylic acids is 2. The molecule has 1 aromatic rings. The van der Waals surface area contributed by atoms with Crippen LogP contribution in [0.1, 0.15) is 70.3 Å². The van der Waals surface area contributed by atoms with Crippen LogP contribution >= 0.6 is 0 Å². The van der Waals surface area contributed by atoms with E-state index in [0.717, 1.165) is 50.5 Å². The molecule has 152 valence electrons. The predicted octanol–water partition coefficient (Wildman–Crippen LogP) is 3.95. The molecule has 28 heavy (non-hydrogen) atoms. The van der Waals surface area contributed by atoms with E-state index in [2.05, 4.69) is 5.32 Å². The van der Waals surface area contributed by atoms with Gasteiger partial charge in [-0.2, -0.15) is 0 Å². The number of benzene rings is 1. The number of carboxylic acids is 1. The quantitative estimate of drug-likeness (QED) is 0.708. The third kappa shape index (κ3) is 5.57. The van der Waals surface area contributed by atoms with Gasteiger partial charge in [-0.15, -0.1) is 0 Å². The maximum atomic E-state index is 12.6. The molecule has 1 aromatic carbocycles. The molecular formula is C22H30N2O4. The van der Waals surface area contributed by atoms with E-state index in [1.165, 1.54) is 0 Å². The minimum Gasteiger partial charge on any atom is -0.481 e. The Morgan fingerprint density at radius 1 is 1.07 bits per heavy atom. The van der Waals surface area contributed by atoms with Crippen molar-refractivity contribution in [2.75, 3.05) is 5.32 Å². The van der Waals surface area contributed by atoms with E-state index in [-0.39, 0.29) is 24.7 Å². The molecule has 0 bridgehead atoms. The number of rotatable bonds is 8. The number of nitrogens with zero attached hydrogens (tertiary/aromatic N) is 1. The summed E-state index contributed by atoms with van der Waals surface area (Å²) in [5.41, 5.74) is 1.32. The molecule has 0 spiro atoms. The Hall–Kier alpha value is -2.37. The van der Waals surface area contributed by atoms with Crippen LogP contribution in [-0.4, -0.2) is 33.8 Å². The molecule has 2 N–H and O–H groups in total. The molecule has 2 aliphatic rings. The first-order valence-corrected chi connectivity index (χ1v) is 10.2. The van der Waals surface area contributed by atoms with E-state index in [1.807, 2.05) is 29.2 Å². The average Bonchev–Trinajstić information content (AvgIpc) is 3.45. The summed E-state index contributed by atoms with van der Waals surface area (Å²) in [6.07, 6.45) is 7.15. The van der Waals surface area contributed by atoms with Gasteiger partial charge in [0.2, 0.25) is 11.8 Å². The number of anilines is 1. The Labute approximate surface area is 166 Å². The molecule has 0 radical (unpaired) electrons. The van der Waals surface area contributed by atoms with E-state index in [1.54, 1.807) is 6.92 Å². The van der Waals surface area contributed by atoms with Crippen LogP contribution in [0.4, 0.5) is 5.69 Å². The molecular weight excluding hydrogens is 356 g/mol. The monoisotopic (exact) mass is 386 g/mol. The summed E-state index contributed by atoms with van der Waals surface area (Å²) in [7, 11) is 0. The van der Waals surface area contributed by atoms with Gasteiger partial charge in [0.05, 0.1) is 6.42 Å². The molecule has 2 aliphatic carbocycles. The maximum Gasteiger partial charge on any atom is 0.303 e. The van der Waals surface area contributed by atoms with Crippen LogP contribution in [0.2, 0.25) is 0 Å².